The second-order valence-corrected chi connectivity index (χ2v) is 8.64. The minimum Gasteiger partial charge on any atom is -0.349 e. The molecule has 0 spiro atoms. The van der Waals surface area contributed by atoms with Crippen LogP contribution in [0.25, 0.3) is 0 Å². The van der Waals surface area contributed by atoms with Gasteiger partial charge in [-0.15, -0.1) is 16.8 Å². The van der Waals surface area contributed by atoms with Gasteiger partial charge in [0.25, 0.3) is 0 Å². The number of nitrogens with zero attached hydrogens (tertiary/aromatic N) is 4. The first-order valence-electron chi connectivity index (χ1n) is 10.6. The van der Waals surface area contributed by atoms with Crippen LogP contribution in [-0.2, 0) is 17.8 Å². The van der Waals surface area contributed by atoms with E-state index in [1.165, 1.54) is 43.2 Å². The van der Waals surface area contributed by atoms with Gasteiger partial charge in [-0.3, -0.25) is 4.79 Å². The molecule has 1 amide bonds. The third kappa shape index (κ3) is 6.61. The summed E-state index contributed by atoms with van der Waals surface area (Å²) in [6, 6.07) is 2.77. The lowest BCUT2D eigenvalue weighted by Gasteiger charge is -2.26. The van der Waals surface area contributed by atoms with Crippen molar-refractivity contribution in [3.63, 3.8) is 0 Å². The Morgan fingerprint density at radius 3 is 2.77 bits per heavy atom. The first-order valence-corrected chi connectivity index (χ1v) is 11.6. The summed E-state index contributed by atoms with van der Waals surface area (Å²) in [6.45, 7) is 9.25. The normalized spacial score (nSPS) is 15.6. The van der Waals surface area contributed by atoms with Crippen molar-refractivity contribution in [2.75, 3.05) is 25.4 Å². The zero-order valence-corrected chi connectivity index (χ0v) is 18.6. The van der Waals surface area contributed by atoms with Gasteiger partial charge in [-0.25, -0.2) is 8.78 Å². The Morgan fingerprint density at radius 1 is 1.29 bits per heavy atom. The number of rotatable bonds is 10. The number of piperidine rings is 1. The van der Waals surface area contributed by atoms with Gasteiger partial charge >= 0.3 is 0 Å². The van der Waals surface area contributed by atoms with E-state index in [2.05, 4.69) is 27.0 Å². The van der Waals surface area contributed by atoms with E-state index >= 15 is 0 Å². The molecule has 31 heavy (non-hydrogen) atoms. The van der Waals surface area contributed by atoms with Crippen LogP contribution in [0.4, 0.5) is 8.78 Å². The number of aromatic nitrogens is 3. The Balaban J connectivity index is 1.55. The van der Waals surface area contributed by atoms with Gasteiger partial charge in [0.1, 0.15) is 17.5 Å². The number of benzene rings is 1. The van der Waals surface area contributed by atoms with Crippen LogP contribution in [-0.4, -0.2) is 51.0 Å². The van der Waals surface area contributed by atoms with Crippen molar-refractivity contribution in [1.82, 2.24) is 25.0 Å². The van der Waals surface area contributed by atoms with Crippen molar-refractivity contribution < 1.29 is 13.6 Å². The van der Waals surface area contributed by atoms with Crippen molar-refractivity contribution in [3.8, 4) is 0 Å². The van der Waals surface area contributed by atoms with Crippen LogP contribution in [0.15, 0.2) is 36.0 Å². The molecular formula is C22H29F2N5OS. The smallest absolute Gasteiger partial charge is 0.230 e. The monoisotopic (exact) mass is 449 g/mol. The molecule has 1 atom stereocenters. The van der Waals surface area contributed by atoms with E-state index in [4.69, 9.17) is 0 Å². The molecule has 168 valence electrons. The fourth-order valence-corrected chi connectivity index (χ4v) is 4.49. The highest BCUT2D eigenvalue weighted by Gasteiger charge is 2.18. The molecule has 6 nitrogen and oxygen atoms in total. The summed E-state index contributed by atoms with van der Waals surface area (Å²) in [5, 5.41) is 12.0. The van der Waals surface area contributed by atoms with Crippen molar-refractivity contribution in [1.29, 1.82) is 0 Å². The summed E-state index contributed by atoms with van der Waals surface area (Å²) in [7, 11) is 0. The van der Waals surface area contributed by atoms with Gasteiger partial charge in [0.2, 0.25) is 5.91 Å². The molecule has 2 aromatic rings. The number of allylic oxidation sites excluding steroid dienone is 1. The number of hydrogen-bond acceptors (Lipinski definition) is 5. The zero-order valence-electron chi connectivity index (χ0n) is 17.8. The third-order valence-corrected chi connectivity index (χ3v) is 6.31. The molecule has 2 heterocycles. The number of carbonyl (C=O) groups is 1. The van der Waals surface area contributed by atoms with Crippen LogP contribution < -0.4 is 5.32 Å². The molecule has 1 fully saturated rings. The van der Waals surface area contributed by atoms with E-state index in [0.717, 1.165) is 37.9 Å². The van der Waals surface area contributed by atoms with Gasteiger partial charge in [0, 0.05) is 31.1 Å². The Hall–Kier alpha value is -2.26. The molecule has 0 saturated carbocycles. The second-order valence-electron chi connectivity index (χ2n) is 7.69. The highest BCUT2D eigenvalue weighted by molar-refractivity contribution is 7.99. The number of thioether (sulfide) groups is 1. The molecule has 0 radical (unpaired) electrons. The first kappa shape index (κ1) is 23.4. The lowest BCUT2D eigenvalue weighted by atomic mass is 10.1. The average Bonchev–Trinajstić information content (AvgIpc) is 3.13. The summed E-state index contributed by atoms with van der Waals surface area (Å²) in [6.07, 6.45) is 6.38. The largest absolute Gasteiger partial charge is 0.349 e. The Morgan fingerprint density at radius 2 is 2.06 bits per heavy atom. The predicted molar refractivity (Wildman–Crippen MR) is 118 cm³/mol. The first-order chi connectivity index (χ1) is 15.0. The van der Waals surface area contributed by atoms with E-state index in [0.29, 0.717) is 11.7 Å². The molecule has 1 aliphatic rings. The summed E-state index contributed by atoms with van der Waals surface area (Å²) < 4.78 is 29.0. The van der Waals surface area contributed by atoms with E-state index in [-0.39, 0.29) is 17.2 Å². The molecule has 0 bridgehead atoms. The number of nitrogens with one attached hydrogen (secondary N) is 1. The quantitative estimate of drug-likeness (QED) is 0.442. The molecule has 1 aromatic heterocycles. The van der Waals surface area contributed by atoms with Crippen LogP contribution in [0.1, 0.15) is 43.6 Å². The van der Waals surface area contributed by atoms with E-state index in [1.807, 2.05) is 4.57 Å². The predicted octanol–water partition coefficient (Wildman–Crippen LogP) is 3.74. The maximum atomic E-state index is 13.9. The Bertz CT molecular complexity index is 898. The van der Waals surface area contributed by atoms with Gasteiger partial charge in [-0.2, -0.15) is 0 Å². The minimum absolute atomic E-state index is 0.120. The average molecular weight is 450 g/mol. The van der Waals surface area contributed by atoms with Crippen LogP contribution in [0, 0.1) is 11.6 Å². The van der Waals surface area contributed by atoms with E-state index in [9.17, 15) is 13.6 Å². The molecule has 1 aromatic carbocycles. The molecule has 3 rings (SSSR count). The van der Waals surface area contributed by atoms with E-state index in [1.54, 1.807) is 13.0 Å². The number of amides is 1. The Labute approximate surface area is 186 Å². The van der Waals surface area contributed by atoms with Crippen molar-refractivity contribution in [2.45, 2.75) is 50.4 Å². The highest BCUT2D eigenvalue weighted by Crippen LogP contribution is 2.20. The SMILES string of the molecule is C=CCn1c(CCN2CCCCC2)nnc1SCC(=O)N[C@@H](C)c1ccc(F)cc1F. The number of carbonyl (C=O) groups excluding carboxylic acids is 1. The van der Waals surface area contributed by atoms with Gasteiger partial charge in [-0.05, 0) is 38.9 Å². The van der Waals surface area contributed by atoms with Gasteiger partial charge in [0.15, 0.2) is 5.16 Å². The molecule has 0 unspecified atom stereocenters. The summed E-state index contributed by atoms with van der Waals surface area (Å²) in [4.78, 5) is 14.8. The molecule has 9 heteroatoms. The third-order valence-electron chi connectivity index (χ3n) is 5.34. The standard InChI is InChI=1S/C22H29F2N5OS/c1-3-10-29-20(9-13-28-11-5-4-6-12-28)26-27-22(29)31-15-21(30)25-16(2)18-8-7-17(23)14-19(18)24/h3,7-8,14,16H,1,4-6,9-13,15H2,2H3,(H,25,30)/t16-/m0/s1. The fraction of sp³-hybridized carbons (Fsp3) is 0.500. The summed E-state index contributed by atoms with van der Waals surface area (Å²) in [5.74, 6) is -0.578. The van der Waals surface area contributed by atoms with Gasteiger partial charge in [0.05, 0.1) is 11.8 Å². The molecule has 1 aliphatic heterocycles. The van der Waals surface area contributed by atoms with Crippen LogP contribution >= 0.6 is 11.8 Å². The molecule has 1 saturated heterocycles. The van der Waals surface area contributed by atoms with Crippen LogP contribution in [0.3, 0.4) is 0 Å². The lowest BCUT2D eigenvalue weighted by molar-refractivity contribution is -0.119. The van der Waals surface area contributed by atoms with Crippen molar-refractivity contribution >= 4 is 17.7 Å². The number of hydrogen-bond donors (Lipinski definition) is 1. The number of likely N-dealkylation sites (tertiary alicyclic amines) is 1. The maximum Gasteiger partial charge on any atom is 0.230 e. The summed E-state index contributed by atoms with van der Waals surface area (Å²) in [5.41, 5.74) is 0.245. The zero-order chi connectivity index (χ0) is 22.2. The molecule has 1 N–H and O–H groups in total. The van der Waals surface area contributed by atoms with Crippen molar-refractivity contribution in [3.05, 3.63) is 53.9 Å². The number of halogens is 2. The lowest BCUT2D eigenvalue weighted by Crippen LogP contribution is -2.32. The minimum atomic E-state index is -0.676. The van der Waals surface area contributed by atoms with Gasteiger partial charge in [-0.1, -0.05) is 30.3 Å². The Kier molecular flexibility index (Phi) is 8.60. The van der Waals surface area contributed by atoms with Crippen LogP contribution in [0.2, 0.25) is 0 Å². The van der Waals surface area contributed by atoms with Crippen LogP contribution in [0.5, 0.6) is 0 Å². The molecular weight excluding hydrogens is 420 g/mol. The highest BCUT2D eigenvalue weighted by atomic mass is 32.2. The molecule has 0 aliphatic carbocycles. The van der Waals surface area contributed by atoms with Crippen molar-refractivity contribution in [2.24, 2.45) is 0 Å². The summed E-state index contributed by atoms with van der Waals surface area (Å²) >= 11 is 1.28. The fourth-order valence-electron chi connectivity index (χ4n) is 3.71. The topological polar surface area (TPSA) is 63.1 Å². The van der Waals surface area contributed by atoms with E-state index < -0.39 is 17.7 Å². The maximum absolute atomic E-state index is 13.9. The van der Waals surface area contributed by atoms with Gasteiger partial charge < -0.3 is 14.8 Å². The second kappa shape index (κ2) is 11.4.